The molecule has 20 heavy (non-hydrogen) atoms. The summed E-state index contributed by atoms with van der Waals surface area (Å²) in [4.78, 5) is 30.5. The summed E-state index contributed by atoms with van der Waals surface area (Å²) in [6.45, 7) is 3.51. The van der Waals surface area contributed by atoms with Gasteiger partial charge in [-0.25, -0.2) is 4.98 Å². The van der Waals surface area contributed by atoms with E-state index in [0.717, 1.165) is 42.9 Å². The van der Waals surface area contributed by atoms with Crippen molar-refractivity contribution in [1.82, 2.24) is 15.2 Å². The molecule has 2 aliphatic rings. The number of aromatic nitrogens is 1. The van der Waals surface area contributed by atoms with Crippen LogP contribution in [0.5, 0.6) is 0 Å². The number of nitrogens with one attached hydrogen (secondary N) is 2. The minimum Gasteiger partial charge on any atom is -0.352 e. The van der Waals surface area contributed by atoms with Gasteiger partial charge in [0.2, 0.25) is 11.8 Å². The van der Waals surface area contributed by atoms with Crippen LogP contribution in [-0.4, -0.2) is 40.8 Å². The minimum atomic E-state index is -0.100. The Kier molecular flexibility index (Phi) is 3.71. The lowest BCUT2D eigenvalue weighted by atomic mass is 10.2. The number of hydrogen-bond donors (Lipinski definition) is 2. The second-order valence-electron chi connectivity index (χ2n) is 5.37. The fourth-order valence-electron chi connectivity index (χ4n) is 2.29. The lowest BCUT2D eigenvalue weighted by Gasteiger charge is -2.25. The van der Waals surface area contributed by atoms with E-state index in [0.29, 0.717) is 17.7 Å². The van der Waals surface area contributed by atoms with Crippen molar-refractivity contribution in [1.29, 1.82) is 0 Å². The van der Waals surface area contributed by atoms with E-state index in [9.17, 15) is 9.59 Å². The topological polar surface area (TPSA) is 74.3 Å². The second kappa shape index (κ2) is 5.49. The van der Waals surface area contributed by atoms with Crippen LogP contribution in [-0.2, 0) is 22.6 Å². The third kappa shape index (κ3) is 3.34. The van der Waals surface area contributed by atoms with E-state index < -0.39 is 0 Å². The van der Waals surface area contributed by atoms with Crippen molar-refractivity contribution in [2.24, 2.45) is 0 Å². The molecule has 2 amide bonds. The zero-order chi connectivity index (χ0) is 14.1. The summed E-state index contributed by atoms with van der Waals surface area (Å²) in [5, 5.41) is 6.39. The molecule has 0 unspecified atom stereocenters. The molecular weight excluding hydrogens is 276 g/mol. The third-order valence-electron chi connectivity index (χ3n) is 3.40. The van der Waals surface area contributed by atoms with Crippen LogP contribution in [0.25, 0.3) is 0 Å². The zero-order valence-electron chi connectivity index (χ0n) is 11.4. The molecule has 1 fully saturated rings. The standard InChI is InChI=1S/C13H18N4O2S/c1-8(18)14-13-16-10-4-5-17(6-11(10)20-13)7-12(19)15-9-2-3-9/h9H,2-7H2,1H3,(H,15,19)(H,14,16,18). The highest BCUT2D eigenvalue weighted by Crippen LogP contribution is 2.28. The molecule has 0 bridgehead atoms. The summed E-state index contributed by atoms with van der Waals surface area (Å²) >= 11 is 1.50. The van der Waals surface area contributed by atoms with Crippen LogP contribution in [0, 0.1) is 0 Å². The maximum absolute atomic E-state index is 11.8. The van der Waals surface area contributed by atoms with E-state index in [1.54, 1.807) is 0 Å². The average molecular weight is 294 g/mol. The van der Waals surface area contributed by atoms with Crippen molar-refractivity contribution in [2.75, 3.05) is 18.4 Å². The lowest BCUT2D eigenvalue weighted by molar-refractivity contribution is -0.122. The average Bonchev–Trinajstić information content (AvgIpc) is 3.06. The number of rotatable bonds is 4. The Labute approximate surface area is 121 Å². The van der Waals surface area contributed by atoms with Gasteiger partial charge in [0.05, 0.1) is 12.2 Å². The second-order valence-corrected chi connectivity index (χ2v) is 6.46. The fraction of sp³-hybridized carbons (Fsp3) is 0.615. The minimum absolute atomic E-state index is 0.100. The predicted octanol–water partition coefficient (Wildman–Crippen LogP) is 0.738. The summed E-state index contributed by atoms with van der Waals surface area (Å²) in [5.74, 6) is 0.0133. The summed E-state index contributed by atoms with van der Waals surface area (Å²) in [7, 11) is 0. The van der Waals surface area contributed by atoms with Crippen LogP contribution < -0.4 is 10.6 Å². The van der Waals surface area contributed by atoms with E-state index in [1.807, 2.05) is 0 Å². The van der Waals surface area contributed by atoms with Crippen LogP contribution >= 0.6 is 11.3 Å². The van der Waals surface area contributed by atoms with Gasteiger partial charge in [-0.15, -0.1) is 11.3 Å². The molecule has 1 aliphatic heterocycles. The van der Waals surface area contributed by atoms with Crippen molar-refractivity contribution in [3.05, 3.63) is 10.6 Å². The number of anilines is 1. The molecule has 2 heterocycles. The summed E-state index contributed by atoms with van der Waals surface area (Å²) in [6, 6.07) is 0.414. The molecule has 2 N–H and O–H groups in total. The van der Waals surface area contributed by atoms with Gasteiger partial charge in [-0.2, -0.15) is 0 Å². The number of amides is 2. The third-order valence-corrected chi connectivity index (χ3v) is 4.40. The van der Waals surface area contributed by atoms with E-state index >= 15 is 0 Å². The highest BCUT2D eigenvalue weighted by atomic mass is 32.1. The largest absolute Gasteiger partial charge is 0.352 e. The van der Waals surface area contributed by atoms with Crippen molar-refractivity contribution in [3.63, 3.8) is 0 Å². The molecule has 0 spiro atoms. The van der Waals surface area contributed by atoms with Crippen molar-refractivity contribution in [3.8, 4) is 0 Å². The number of thiazole rings is 1. The zero-order valence-corrected chi connectivity index (χ0v) is 12.3. The Morgan fingerprint density at radius 2 is 2.25 bits per heavy atom. The molecular formula is C13H18N4O2S. The van der Waals surface area contributed by atoms with Gasteiger partial charge in [-0.3, -0.25) is 14.5 Å². The molecule has 1 aliphatic carbocycles. The maximum Gasteiger partial charge on any atom is 0.234 e. The predicted molar refractivity (Wildman–Crippen MR) is 76.6 cm³/mol. The Morgan fingerprint density at radius 3 is 2.95 bits per heavy atom. The normalized spacial score (nSPS) is 18.4. The van der Waals surface area contributed by atoms with Crippen molar-refractivity contribution >= 4 is 28.3 Å². The van der Waals surface area contributed by atoms with Crippen LogP contribution in [0.3, 0.4) is 0 Å². The smallest absolute Gasteiger partial charge is 0.234 e. The Hall–Kier alpha value is -1.47. The molecule has 108 valence electrons. The lowest BCUT2D eigenvalue weighted by Crippen LogP contribution is -2.40. The van der Waals surface area contributed by atoms with E-state index in [-0.39, 0.29) is 11.8 Å². The molecule has 6 nitrogen and oxygen atoms in total. The SMILES string of the molecule is CC(=O)Nc1nc2c(s1)CN(CC(=O)NC1CC1)CC2. The van der Waals surface area contributed by atoms with E-state index in [1.165, 1.54) is 18.3 Å². The van der Waals surface area contributed by atoms with Crippen molar-refractivity contribution in [2.45, 2.75) is 38.8 Å². The molecule has 1 aromatic rings. The quantitative estimate of drug-likeness (QED) is 0.859. The van der Waals surface area contributed by atoms with Gasteiger partial charge in [-0.1, -0.05) is 0 Å². The first-order chi connectivity index (χ1) is 9.60. The number of fused-ring (bicyclic) bond motifs is 1. The van der Waals surface area contributed by atoms with Crippen LogP contribution in [0.4, 0.5) is 5.13 Å². The monoisotopic (exact) mass is 294 g/mol. The van der Waals surface area contributed by atoms with E-state index in [2.05, 4.69) is 20.5 Å². The van der Waals surface area contributed by atoms with E-state index in [4.69, 9.17) is 0 Å². The summed E-state index contributed by atoms with van der Waals surface area (Å²) in [5.41, 5.74) is 1.05. The number of carbonyl (C=O) groups excluding carboxylic acids is 2. The Morgan fingerprint density at radius 1 is 1.45 bits per heavy atom. The highest BCUT2D eigenvalue weighted by Gasteiger charge is 2.26. The Balaban J connectivity index is 1.58. The maximum atomic E-state index is 11.8. The van der Waals surface area contributed by atoms with Gasteiger partial charge in [0.15, 0.2) is 5.13 Å². The first kappa shape index (κ1) is 13.5. The summed E-state index contributed by atoms with van der Waals surface area (Å²) in [6.07, 6.45) is 3.07. The number of nitrogens with zero attached hydrogens (tertiary/aromatic N) is 2. The first-order valence-corrected chi connectivity index (χ1v) is 7.69. The van der Waals surface area contributed by atoms with Crippen LogP contribution in [0.15, 0.2) is 0 Å². The number of carbonyl (C=O) groups is 2. The Bertz CT molecular complexity index is 538. The fourth-order valence-corrected chi connectivity index (χ4v) is 3.39. The first-order valence-electron chi connectivity index (χ1n) is 6.88. The molecule has 0 radical (unpaired) electrons. The molecule has 0 aromatic carbocycles. The van der Waals surface area contributed by atoms with Crippen molar-refractivity contribution < 1.29 is 9.59 Å². The van der Waals surface area contributed by atoms with Gasteiger partial charge in [-0.05, 0) is 12.8 Å². The molecule has 7 heteroatoms. The molecule has 0 saturated heterocycles. The van der Waals surface area contributed by atoms with Crippen LogP contribution in [0.2, 0.25) is 0 Å². The van der Waals surface area contributed by atoms with Gasteiger partial charge in [0, 0.05) is 37.4 Å². The van der Waals surface area contributed by atoms with Gasteiger partial charge >= 0.3 is 0 Å². The van der Waals surface area contributed by atoms with Gasteiger partial charge < -0.3 is 10.6 Å². The van der Waals surface area contributed by atoms with Gasteiger partial charge in [0.25, 0.3) is 0 Å². The summed E-state index contributed by atoms with van der Waals surface area (Å²) < 4.78 is 0. The molecule has 0 atom stereocenters. The highest BCUT2D eigenvalue weighted by molar-refractivity contribution is 7.15. The number of hydrogen-bond acceptors (Lipinski definition) is 5. The van der Waals surface area contributed by atoms with Crippen LogP contribution in [0.1, 0.15) is 30.3 Å². The molecule has 1 saturated carbocycles. The molecule has 1 aromatic heterocycles. The van der Waals surface area contributed by atoms with Gasteiger partial charge in [0.1, 0.15) is 0 Å². The molecule has 3 rings (SSSR count).